The Labute approximate surface area is 107 Å². The van der Waals surface area contributed by atoms with E-state index in [1.165, 1.54) is 0 Å². The van der Waals surface area contributed by atoms with E-state index in [4.69, 9.17) is 9.84 Å². The zero-order valence-corrected chi connectivity index (χ0v) is 11.1. The Balaban J connectivity index is 3.13. The van der Waals surface area contributed by atoms with Crippen LogP contribution in [0.5, 0.6) is 5.75 Å². The predicted octanol–water partition coefficient (Wildman–Crippen LogP) is 3.41. The molecule has 0 atom stereocenters. The van der Waals surface area contributed by atoms with Gasteiger partial charge < -0.3 is 9.84 Å². The summed E-state index contributed by atoms with van der Waals surface area (Å²) < 4.78 is 5.39. The number of unbranched alkanes of at least 4 members (excludes halogenated alkanes) is 1. The van der Waals surface area contributed by atoms with Crippen molar-refractivity contribution in [2.24, 2.45) is 0 Å². The quantitative estimate of drug-likeness (QED) is 0.765. The van der Waals surface area contributed by atoms with Gasteiger partial charge in [0.2, 0.25) is 0 Å². The van der Waals surface area contributed by atoms with Gasteiger partial charge in [0.1, 0.15) is 11.3 Å². The Hall–Kier alpha value is -1.16. The standard InChI is InChI=1S/C13H18O3S/c1-3-5-6-9-7-8-10(13(14)15)11(12(9)17)16-4-2/h7-8,17H,3-6H2,1-2H3,(H,14,15). The second-order valence-corrected chi connectivity index (χ2v) is 4.24. The Morgan fingerprint density at radius 1 is 1.41 bits per heavy atom. The number of aromatic carboxylic acids is 1. The third-order valence-electron chi connectivity index (χ3n) is 2.53. The van der Waals surface area contributed by atoms with Crippen LogP contribution in [0.25, 0.3) is 0 Å². The lowest BCUT2D eigenvalue weighted by molar-refractivity contribution is 0.0692. The molecule has 3 nitrogen and oxygen atoms in total. The number of rotatable bonds is 6. The molecule has 1 aromatic carbocycles. The molecule has 0 aliphatic rings. The van der Waals surface area contributed by atoms with Gasteiger partial charge in [0.05, 0.1) is 11.5 Å². The zero-order valence-electron chi connectivity index (χ0n) is 10.2. The highest BCUT2D eigenvalue weighted by atomic mass is 32.1. The van der Waals surface area contributed by atoms with Gasteiger partial charge in [-0.2, -0.15) is 0 Å². The van der Waals surface area contributed by atoms with E-state index in [0.717, 1.165) is 24.8 Å². The van der Waals surface area contributed by atoms with Crippen molar-refractivity contribution in [3.63, 3.8) is 0 Å². The third-order valence-corrected chi connectivity index (χ3v) is 3.02. The summed E-state index contributed by atoms with van der Waals surface area (Å²) in [5.74, 6) is -0.595. The van der Waals surface area contributed by atoms with Gasteiger partial charge in [-0.05, 0) is 31.4 Å². The molecule has 1 rings (SSSR count). The maximum absolute atomic E-state index is 11.1. The lowest BCUT2D eigenvalue weighted by Gasteiger charge is -2.13. The average molecular weight is 254 g/mol. The van der Waals surface area contributed by atoms with Crippen molar-refractivity contribution in [3.05, 3.63) is 23.3 Å². The normalized spacial score (nSPS) is 10.3. The molecule has 1 N–H and O–H groups in total. The first-order valence-corrected chi connectivity index (χ1v) is 6.27. The molecule has 0 amide bonds. The zero-order chi connectivity index (χ0) is 12.8. The molecule has 0 spiro atoms. The minimum Gasteiger partial charge on any atom is -0.492 e. The number of hydrogen-bond donors (Lipinski definition) is 2. The van der Waals surface area contributed by atoms with Crippen LogP contribution < -0.4 is 4.74 Å². The van der Waals surface area contributed by atoms with Crippen LogP contribution in [0.2, 0.25) is 0 Å². The highest BCUT2D eigenvalue weighted by Crippen LogP contribution is 2.31. The Morgan fingerprint density at radius 3 is 2.65 bits per heavy atom. The van der Waals surface area contributed by atoms with Gasteiger partial charge in [-0.1, -0.05) is 19.4 Å². The molecule has 4 heteroatoms. The van der Waals surface area contributed by atoms with Crippen LogP contribution in [0, 0.1) is 0 Å². The van der Waals surface area contributed by atoms with Crippen molar-refractivity contribution in [1.82, 2.24) is 0 Å². The summed E-state index contributed by atoms with van der Waals surface area (Å²) in [5, 5.41) is 9.07. The lowest BCUT2D eigenvalue weighted by atomic mass is 10.0. The van der Waals surface area contributed by atoms with Gasteiger partial charge in [0.25, 0.3) is 0 Å². The van der Waals surface area contributed by atoms with E-state index in [1.807, 2.05) is 13.0 Å². The molecule has 0 bridgehead atoms. The van der Waals surface area contributed by atoms with Crippen LogP contribution in [-0.2, 0) is 6.42 Å². The van der Waals surface area contributed by atoms with Gasteiger partial charge in [0, 0.05) is 0 Å². The first-order valence-electron chi connectivity index (χ1n) is 5.82. The van der Waals surface area contributed by atoms with Gasteiger partial charge in [0.15, 0.2) is 0 Å². The predicted molar refractivity (Wildman–Crippen MR) is 70.4 cm³/mol. The van der Waals surface area contributed by atoms with Crippen molar-refractivity contribution >= 4 is 18.6 Å². The van der Waals surface area contributed by atoms with E-state index >= 15 is 0 Å². The van der Waals surface area contributed by atoms with E-state index < -0.39 is 5.97 Å². The van der Waals surface area contributed by atoms with Crippen LogP contribution in [0.15, 0.2) is 17.0 Å². The minimum absolute atomic E-state index is 0.178. The molecular weight excluding hydrogens is 236 g/mol. The van der Waals surface area contributed by atoms with Crippen LogP contribution >= 0.6 is 12.6 Å². The van der Waals surface area contributed by atoms with E-state index in [9.17, 15) is 4.79 Å². The van der Waals surface area contributed by atoms with Gasteiger partial charge in [-0.25, -0.2) is 4.79 Å². The Kier molecular flexibility index (Phi) is 5.35. The molecule has 0 aliphatic carbocycles. The van der Waals surface area contributed by atoms with Crippen LogP contribution in [0.4, 0.5) is 0 Å². The van der Waals surface area contributed by atoms with E-state index in [-0.39, 0.29) is 5.56 Å². The Bertz CT molecular complexity index is 402. The molecule has 0 radical (unpaired) electrons. The second kappa shape index (κ2) is 6.55. The monoisotopic (exact) mass is 254 g/mol. The number of benzene rings is 1. The number of hydrogen-bond acceptors (Lipinski definition) is 3. The summed E-state index contributed by atoms with van der Waals surface area (Å²) in [6.07, 6.45) is 3.05. The summed E-state index contributed by atoms with van der Waals surface area (Å²) >= 11 is 4.39. The van der Waals surface area contributed by atoms with E-state index in [0.29, 0.717) is 17.3 Å². The maximum Gasteiger partial charge on any atom is 0.339 e. The van der Waals surface area contributed by atoms with Crippen LogP contribution in [0.3, 0.4) is 0 Å². The number of ether oxygens (including phenoxy) is 1. The fraction of sp³-hybridized carbons (Fsp3) is 0.462. The van der Waals surface area contributed by atoms with Crippen LogP contribution in [0.1, 0.15) is 42.6 Å². The summed E-state index contributed by atoms with van der Waals surface area (Å²) in [6, 6.07) is 3.42. The summed E-state index contributed by atoms with van der Waals surface area (Å²) in [7, 11) is 0. The summed E-state index contributed by atoms with van der Waals surface area (Å²) in [5.41, 5.74) is 1.22. The highest BCUT2D eigenvalue weighted by Gasteiger charge is 2.16. The summed E-state index contributed by atoms with van der Waals surface area (Å²) in [4.78, 5) is 11.7. The van der Waals surface area contributed by atoms with Gasteiger partial charge >= 0.3 is 5.97 Å². The van der Waals surface area contributed by atoms with E-state index in [2.05, 4.69) is 19.6 Å². The molecule has 0 fully saturated rings. The van der Waals surface area contributed by atoms with Crippen LogP contribution in [-0.4, -0.2) is 17.7 Å². The van der Waals surface area contributed by atoms with Gasteiger partial charge in [-0.3, -0.25) is 0 Å². The highest BCUT2D eigenvalue weighted by molar-refractivity contribution is 7.80. The molecule has 1 aromatic rings. The van der Waals surface area contributed by atoms with Crippen molar-refractivity contribution in [3.8, 4) is 5.75 Å². The van der Waals surface area contributed by atoms with Crippen molar-refractivity contribution in [1.29, 1.82) is 0 Å². The van der Waals surface area contributed by atoms with E-state index in [1.54, 1.807) is 6.07 Å². The van der Waals surface area contributed by atoms with Crippen molar-refractivity contribution in [2.75, 3.05) is 6.61 Å². The average Bonchev–Trinajstić information content (AvgIpc) is 2.30. The van der Waals surface area contributed by atoms with Gasteiger partial charge in [-0.15, -0.1) is 12.6 Å². The molecule has 0 heterocycles. The van der Waals surface area contributed by atoms with Crippen molar-refractivity contribution in [2.45, 2.75) is 38.0 Å². The fourth-order valence-corrected chi connectivity index (χ4v) is 2.01. The molecule has 94 valence electrons. The number of carboxylic acid groups (broad SMARTS) is 1. The number of thiol groups is 1. The number of aryl methyl sites for hydroxylation is 1. The largest absolute Gasteiger partial charge is 0.492 e. The Morgan fingerprint density at radius 2 is 2.12 bits per heavy atom. The molecule has 0 saturated heterocycles. The molecule has 17 heavy (non-hydrogen) atoms. The lowest BCUT2D eigenvalue weighted by Crippen LogP contribution is -2.05. The molecule has 0 aromatic heterocycles. The second-order valence-electron chi connectivity index (χ2n) is 3.79. The van der Waals surface area contributed by atoms with Crippen molar-refractivity contribution < 1.29 is 14.6 Å². The summed E-state index contributed by atoms with van der Waals surface area (Å²) in [6.45, 7) is 4.38. The molecular formula is C13H18O3S. The number of carbonyl (C=O) groups is 1. The fourth-order valence-electron chi connectivity index (χ4n) is 1.64. The minimum atomic E-state index is -0.981. The number of carboxylic acids is 1. The molecule has 0 unspecified atom stereocenters. The third kappa shape index (κ3) is 3.40. The first kappa shape index (κ1) is 13.9. The topological polar surface area (TPSA) is 46.5 Å². The molecule has 0 aliphatic heterocycles. The first-order chi connectivity index (χ1) is 8.11. The maximum atomic E-state index is 11.1. The SMILES string of the molecule is CCCCc1ccc(C(=O)O)c(OCC)c1S. The molecule has 0 saturated carbocycles. The smallest absolute Gasteiger partial charge is 0.339 e.